The van der Waals surface area contributed by atoms with Crippen LogP contribution in [0.15, 0.2) is 71.9 Å². The van der Waals surface area contributed by atoms with E-state index in [4.69, 9.17) is 9.47 Å². The maximum atomic E-state index is 13.2. The fourth-order valence-corrected chi connectivity index (χ4v) is 6.71. The van der Waals surface area contributed by atoms with Crippen molar-refractivity contribution >= 4 is 38.3 Å². The van der Waals surface area contributed by atoms with Crippen LogP contribution in [0.4, 0.5) is 11.4 Å². The quantitative estimate of drug-likeness (QED) is 0.172. The molecule has 230 valence electrons. The molecule has 14 heteroatoms. The number of ether oxygens (including phenoxy) is 2. The predicted molar refractivity (Wildman–Crippen MR) is 162 cm³/mol. The Labute approximate surface area is 253 Å². The number of nitro groups is 1. The molecule has 0 spiro atoms. The predicted octanol–water partition coefficient (Wildman–Crippen LogP) is 4.29. The molecule has 1 amide bonds. The molecular weight excluding hydrogens is 588 g/mol. The van der Waals surface area contributed by atoms with Crippen LogP contribution in [0.25, 0.3) is 11.0 Å². The van der Waals surface area contributed by atoms with Crippen molar-refractivity contribution in [3.05, 3.63) is 82.7 Å². The first kappa shape index (κ1) is 29.5. The summed E-state index contributed by atoms with van der Waals surface area (Å²) in [5.74, 6) is -0.169. The summed E-state index contributed by atoms with van der Waals surface area (Å²) in [5, 5.41) is 15.9. The molecule has 0 bridgehead atoms. The standard InChI is InChI=1S/C30H32N6O7S/c37-30(25-3-1-2-4-28(25)43-23-15-21-7-11-31-29(21)33-18-23)34-44(40,41)24-5-6-26(27(16-24)36(38)39)32-17-20-8-12-35(19-20)22-9-13-42-14-10-22/h1-7,11,15-16,18,20,22,32H,8-10,12-14,17,19H2,(H,31,33)(H,34,37)/t20-/m1/s1. The highest BCUT2D eigenvalue weighted by molar-refractivity contribution is 7.90. The lowest BCUT2D eigenvalue weighted by Gasteiger charge is -2.31. The Morgan fingerprint density at radius 2 is 1.95 bits per heavy atom. The van der Waals surface area contributed by atoms with E-state index in [2.05, 4.69) is 20.2 Å². The number of benzene rings is 2. The number of likely N-dealkylation sites (tertiary alicyclic amines) is 1. The number of nitro benzene ring substituents is 1. The van der Waals surface area contributed by atoms with E-state index >= 15 is 0 Å². The molecule has 2 aromatic heterocycles. The molecule has 0 aliphatic carbocycles. The summed E-state index contributed by atoms with van der Waals surface area (Å²) >= 11 is 0. The highest BCUT2D eigenvalue weighted by atomic mass is 32.2. The summed E-state index contributed by atoms with van der Waals surface area (Å²) in [6, 6.07) is 13.8. The van der Waals surface area contributed by atoms with Crippen LogP contribution < -0.4 is 14.8 Å². The van der Waals surface area contributed by atoms with Gasteiger partial charge in [-0.2, -0.15) is 0 Å². The Bertz CT molecular complexity index is 1790. The van der Waals surface area contributed by atoms with Crippen LogP contribution in [0, 0.1) is 16.0 Å². The largest absolute Gasteiger partial charge is 0.455 e. The second-order valence-corrected chi connectivity index (χ2v) is 12.6. The smallest absolute Gasteiger partial charge is 0.293 e. The van der Waals surface area contributed by atoms with Gasteiger partial charge in [0.25, 0.3) is 21.6 Å². The van der Waals surface area contributed by atoms with Crippen LogP contribution in [0.2, 0.25) is 0 Å². The molecule has 4 heterocycles. The van der Waals surface area contributed by atoms with Gasteiger partial charge >= 0.3 is 0 Å². The number of para-hydroxylation sites is 1. The van der Waals surface area contributed by atoms with Crippen LogP contribution in [0.5, 0.6) is 11.5 Å². The molecular formula is C30H32N6O7S. The summed E-state index contributed by atoms with van der Waals surface area (Å²) in [4.78, 5) is 33.7. The summed E-state index contributed by atoms with van der Waals surface area (Å²) in [6.07, 6.45) is 6.21. The molecule has 2 aliphatic heterocycles. The highest BCUT2D eigenvalue weighted by Gasteiger charge is 2.30. The van der Waals surface area contributed by atoms with Gasteiger partial charge in [0.1, 0.15) is 22.8 Å². The fourth-order valence-electron chi connectivity index (χ4n) is 5.73. The molecule has 13 nitrogen and oxygen atoms in total. The molecule has 2 aromatic carbocycles. The van der Waals surface area contributed by atoms with Gasteiger partial charge in [-0.25, -0.2) is 18.1 Å². The van der Waals surface area contributed by atoms with Gasteiger partial charge in [-0.1, -0.05) is 12.1 Å². The number of H-pyrrole nitrogens is 1. The van der Waals surface area contributed by atoms with Gasteiger partial charge in [-0.3, -0.25) is 19.8 Å². The SMILES string of the molecule is O=C(NS(=O)(=O)c1ccc(NC[C@H]2CCN(C3CCOCC3)C2)c([N+](=O)[O-])c1)c1ccccc1Oc1cnc2[nH]ccc2c1. The van der Waals surface area contributed by atoms with E-state index in [-0.39, 0.29) is 17.0 Å². The first-order chi connectivity index (χ1) is 21.3. The number of hydrogen-bond acceptors (Lipinski definition) is 10. The Morgan fingerprint density at radius 1 is 1.14 bits per heavy atom. The van der Waals surface area contributed by atoms with Crippen molar-refractivity contribution < 1.29 is 27.6 Å². The van der Waals surface area contributed by atoms with Gasteiger partial charge in [-0.05, 0) is 68.1 Å². The van der Waals surface area contributed by atoms with Gasteiger partial charge in [0, 0.05) is 50.0 Å². The van der Waals surface area contributed by atoms with Crippen LogP contribution >= 0.6 is 0 Å². The Balaban J connectivity index is 1.13. The number of pyridine rings is 1. The number of nitrogens with one attached hydrogen (secondary N) is 3. The molecule has 3 N–H and O–H groups in total. The van der Waals surface area contributed by atoms with Gasteiger partial charge in [-0.15, -0.1) is 0 Å². The maximum absolute atomic E-state index is 13.2. The second kappa shape index (κ2) is 12.6. The Hall–Kier alpha value is -4.53. The Morgan fingerprint density at radius 3 is 2.77 bits per heavy atom. The lowest BCUT2D eigenvalue weighted by atomic mass is 10.1. The number of nitrogens with zero attached hydrogens (tertiary/aromatic N) is 3. The molecule has 2 saturated heterocycles. The zero-order valence-electron chi connectivity index (χ0n) is 23.8. The third-order valence-electron chi connectivity index (χ3n) is 8.04. The van der Waals surface area contributed by atoms with Crippen molar-refractivity contribution in [2.45, 2.75) is 30.2 Å². The normalized spacial score (nSPS) is 17.9. The number of fused-ring (bicyclic) bond motifs is 1. The van der Waals surface area contributed by atoms with E-state index in [0.717, 1.165) is 57.0 Å². The minimum atomic E-state index is -4.46. The number of anilines is 1. The maximum Gasteiger partial charge on any atom is 0.293 e. The van der Waals surface area contributed by atoms with Crippen molar-refractivity contribution in [3.63, 3.8) is 0 Å². The lowest BCUT2D eigenvalue weighted by molar-refractivity contribution is -0.384. The number of aromatic nitrogens is 2. The molecule has 2 aliphatic rings. The van der Waals surface area contributed by atoms with Crippen molar-refractivity contribution in [2.75, 3.05) is 38.2 Å². The lowest BCUT2D eigenvalue weighted by Crippen LogP contribution is -2.38. The minimum Gasteiger partial charge on any atom is -0.455 e. The van der Waals surface area contributed by atoms with E-state index in [9.17, 15) is 23.3 Å². The second-order valence-electron chi connectivity index (χ2n) is 10.9. The number of hydrogen-bond donors (Lipinski definition) is 3. The Kier molecular flexibility index (Phi) is 8.46. The van der Waals surface area contributed by atoms with E-state index in [0.29, 0.717) is 29.9 Å². The number of sulfonamides is 1. The van der Waals surface area contributed by atoms with Crippen molar-refractivity contribution in [2.24, 2.45) is 5.92 Å². The number of amides is 1. The van der Waals surface area contributed by atoms with Crippen LogP contribution in [-0.4, -0.2) is 73.0 Å². The number of rotatable bonds is 10. The van der Waals surface area contributed by atoms with Gasteiger partial charge in [0.05, 0.1) is 21.6 Å². The zero-order valence-corrected chi connectivity index (χ0v) is 24.6. The molecule has 44 heavy (non-hydrogen) atoms. The number of carbonyl (C=O) groups is 1. The molecule has 0 saturated carbocycles. The molecule has 6 rings (SSSR count). The van der Waals surface area contributed by atoms with Gasteiger partial charge < -0.3 is 19.8 Å². The zero-order chi connectivity index (χ0) is 30.7. The average molecular weight is 621 g/mol. The molecule has 0 unspecified atom stereocenters. The highest BCUT2D eigenvalue weighted by Crippen LogP contribution is 2.31. The van der Waals surface area contributed by atoms with Crippen molar-refractivity contribution in [1.29, 1.82) is 0 Å². The van der Waals surface area contributed by atoms with E-state index in [1.54, 1.807) is 24.4 Å². The molecule has 1 atom stereocenters. The molecule has 0 radical (unpaired) electrons. The average Bonchev–Trinajstić information content (AvgIpc) is 3.70. The van der Waals surface area contributed by atoms with Crippen molar-refractivity contribution in [3.8, 4) is 11.5 Å². The van der Waals surface area contributed by atoms with Crippen LogP contribution in [-0.2, 0) is 14.8 Å². The number of aromatic amines is 1. The summed E-state index contributed by atoms with van der Waals surface area (Å²) in [6.45, 7) is 3.94. The van der Waals surface area contributed by atoms with Crippen LogP contribution in [0.3, 0.4) is 0 Å². The minimum absolute atomic E-state index is 0.0376. The first-order valence-corrected chi connectivity index (χ1v) is 15.9. The summed E-state index contributed by atoms with van der Waals surface area (Å²) in [5.41, 5.74) is 0.456. The monoisotopic (exact) mass is 620 g/mol. The molecule has 4 aromatic rings. The topological polar surface area (TPSA) is 169 Å². The van der Waals surface area contributed by atoms with E-state index in [1.807, 2.05) is 10.8 Å². The third kappa shape index (κ3) is 6.51. The van der Waals surface area contributed by atoms with Gasteiger partial charge in [0.2, 0.25) is 0 Å². The first-order valence-electron chi connectivity index (χ1n) is 14.4. The fraction of sp³-hybridized carbons (Fsp3) is 0.333. The van der Waals surface area contributed by atoms with Gasteiger partial charge in [0.15, 0.2) is 0 Å². The van der Waals surface area contributed by atoms with E-state index in [1.165, 1.54) is 30.5 Å². The molecule has 2 fully saturated rings. The summed E-state index contributed by atoms with van der Waals surface area (Å²) < 4.78 is 39.7. The third-order valence-corrected chi connectivity index (χ3v) is 9.37. The van der Waals surface area contributed by atoms with Crippen LogP contribution in [0.1, 0.15) is 29.6 Å². The number of carbonyl (C=O) groups excluding carboxylic acids is 1. The summed E-state index contributed by atoms with van der Waals surface area (Å²) in [7, 11) is -4.46. The van der Waals surface area contributed by atoms with E-state index < -0.39 is 31.4 Å². The van der Waals surface area contributed by atoms with Crippen molar-refractivity contribution in [1.82, 2.24) is 19.6 Å².